The largest absolute Gasteiger partial charge is 0.480 e. The first-order chi connectivity index (χ1) is 6.57. The number of methoxy groups -OCH3 is 1. The van der Waals surface area contributed by atoms with Gasteiger partial charge in [0.15, 0.2) is 5.78 Å². The lowest BCUT2D eigenvalue weighted by atomic mass is 10.2. The van der Waals surface area contributed by atoms with Crippen LogP contribution >= 0.6 is 0 Å². The number of carbonyl (C=O) groups excluding carboxylic acids is 1. The van der Waals surface area contributed by atoms with E-state index >= 15 is 0 Å². The molecule has 1 atom stereocenters. The zero-order valence-electron chi connectivity index (χ0n) is 8.58. The summed E-state index contributed by atoms with van der Waals surface area (Å²) in [6.07, 6.45) is 1.78. The van der Waals surface area contributed by atoms with Gasteiger partial charge in [0.25, 0.3) is 0 Å². The second-order valence-corrected chi connectivity index (χ2v) is 3.12. The summed E-state index contributed by atoms with van der Waals surface area (Å²) in [4.78, 5) is 20.1. The summed E-state index contributed by atoms with van der Waals surface area (Å²) in [5, 5.41) is 11.2. The van der Waals surface area contributed by atoms with E-state index in [1.165, 1.54) is 14.0 Å². The van der Waals surface area contributed by atoms with Crippen LogP contribution < -0.4 is 5.32 Å². The maximum atomic E-state index is 10.1. The number of Topliss-reactive ketones (excluding diaryl/α,β-unsaturated/α-hetero) is 1. The third-order valence-corrected chi connectivity index (χ3v) is 1.71. The van der Waals surface area contributed by atoms with E-state index in [9.17, 15) is 9.59 Å². The van der Waals surface area contributed by atoms with Crippen molar-refractivity contribution in [1.82, 2.24) is 5.32 Å². The first-order valence-corrected chi connectivity index (χ1v) is 4.52. The second-order valence-electron chi connectivity index (χ2n) is 3.12. The van der Waals surface area contributed by atoms with Gasteiger partial charge in [0.05, 0.1) is 0 Å². The average Bonchev–Trinajstić information content (AvgIpc) is 2.56. The van der Waals surface area contributed by atoms with Crippen molar-refractivity contribution in [3.63, 3.8) is 0 Å². The number of carboxylic acids is 1. The lowest BCUT2D eigenvalue weighted by Crippen LogP contribution is -2.29. The van der Waals surface area contributed by atoms with Crippen molar-refractivity contribution >= 4 is 11.8 Å². The highest BCUT2D eigenvalue weighted by Crippen LogP contribution is 2.03. The van der Waals surface area contributed by atoms with E-state index in [1.54, 1.807) is 0 Å². The van der Waals surface area contributed by atoms with Gasteiger partial charge in [-0.05, 0) is 26.3 Å². The molecule has 1 rings (SSSR count). The number of aliphatic carboxylic acids is 1. The fourth-order valence-corrected chi connectivity index (χ4v) is 1.10. The number of carbonyl (C=O) groups is 2. The molecule has 1 aliphatic rings. The topological polar surface area (TPSA) is 75.6 Å². The van der Waals surface area contributed by atoms with Gasteiger partial charge in [-0.25, -0.2) is 0 Å². The van der Waals surface area contributed by atoms with Crippen LogP contribution in [0.15, 0.2) is 0 Å². The van der Waals surface area contributed by atoms with Crippen molar-refractivity contribution in [2.75, 3.05) is 20.3 Å². The van der Waals surface area contributed by atoms with Crippen LogP contribution in [-0.2, 0) is 14.3 Å². The van der Waals surface area contributed by atoms with Crippen molar-refractivity contribution in [2.45, 2.75) is 25.8 Å². The molecule has 2 N–H and O–H groups in total. The van der Waals surface area contributed by atoms with E-state index in [2.05, 4.69) is 10.1 Å². The van der Waals surface area contributed by atoms with Crippen LogP contribution in [-0.4, -0.2) is 43.2 Å². The van der Waals surface area contributed by atoms with Gasteiger partial charge in [0.1, 0.15) is 12.6 Å². The lowest BCUT2D eigenvalue weighted by Gasteiger charge is -1.99. The third kappa shape index (κ3) is 6.56. The highest BCUT2D eigenvalue weighted by atomic mass is 16.5. The second kappa shape index (κ2) is 7.46. The number of hydrogen-bond donors (Lipinski definition) is 2. The molecule has 0 aliphatic carbocycles. The normalized spacial score (nSPS) is 19.7. The predicted molar refractivity (Wildman–Crippen MR) is 51.2 cm³/mol. The zero-order valence-corrected chi connectivity index (χ0v) is 8.58. The summed E-state index contributed by atoms with van der Waals surface area (Å²) < 4.78 is 4.45. The Kier molecular flexibility index (Phi) is 6.96. The van der Waals surface area contributed by atoms with Crippen molar-refractivity contribution in [2.24, 2.45) is 0 Å². The molecule has 0 aromatic carbocycles. The van der Waals surface area contributed by atoms with E-state index in [0.29, 0.717) is 0 Å². The minimum absolute atomic E-state index is 0.0671. The minimum atomic E-state index is -0.720. The van der Waals surface area contributed by atoms with Crippen LogP contribution in [0.2, 0.25) is 0 Å². The van der Waals surface area contributed by atoms with Gasteiger partial charge in [-0.15, -0.1) is 0 Å². The van der Waals surface area contributed by atoms with Gasteiger partial charge in [-0.2, -0.15) is 0 Å². The average molecular weight is 203 g/mol. The zero-order chi connectivity index (χ0) is 11.0. The van der Waals surface area contributed by atoms with Crippen LogP contribution in [0.1, 0.15) is 19.8 Å². The van der Waals surface area contributed by atoms with Crippen LogP contribution in [0.3, 0.4) is 0 Å². The Morgan fingerprint density at radius 2 is 2.21 bits per heavy atom. The fourth-order valence-electron chi connectivity index (χ4n) is 1.10. The molecule has 1 fully saturated rings. The first-order valence-electron chi connectivity index (χ1n) is 4.52. The highest BCUT2D eigenvalue weighted by molar-refractivity contribution is 5.76. The van der Waals surface area contributed by atoms with Crippen LogP contribution in [0.25, 0.3) is 0 Å². The molecule has 0 saturated carbocycles. The Balaban J connectivity index is 0.000000255. The lowest BCUT2D eigenvalue weighted by molar-refractivity contribution is -0.139. The molecule has 1 saturated heterocycles. The third-order valence-electron chi connectivity index (χ3n) is 1.71. The van der Waals surface area contributed by atoms with Crippen LogP contribution in [0.5, 0.6) is 0 Å². The van der Waals surface area contributed by atoms with Gasteiger partial charge < -0.3 is 15.2 Å². The van der Waals surface area contributed by atoms with Gasteiger partial charge in [0, 0.05) is 7.11 Å². The summed E-state index contributed by atoms with van der Waals surface area (Å²) in [6.45, 7) is 2.58. The van der Waals surface area contributed by atoms with E-state index < -0.39 is 5.97 Å². The number of hydrogen-bond acceptors (Lipinski definition) is 4. The Morgan fingerprint density at radius 1 is 1.57 bits per heavy atom. The van der Waals surface area contributed by atoms with Crippen molar-refractivity contribution in [3.05, 3.63) is 0 Å². The number of ether oxygens (including phenoxy) is 1. The molecule has 0 unspecified atom stereocenters. The predicted octanol–water partition coefficient (Wildman–Crippen LogP) is 0.0448. The Labute approximate surface area is 83.4 Å². The molecule has 0 amide bonds. The van der Waals surface area contributed by atoms with E-state index in [4.69, 9.17) is 5.11 Å². The van der Waals surface area contributed by atoms with Crippen LogP contribution in [0, 0.1) is 0 Å². The van der Waals surface area contributed by atoms with Crippen molar-refractivity contribution in [1.29, 1.82) is 0 Å². The number of carboxylic acid groups (broad SMARTS) is 1. The van der Waals surface area contributed by atoms with Gasteiger partial charge >= 0.3 is 5.97 Å². The minimum Gasteiger partial charge on any atom is -0.480 e. The molecule has 1 heterocycles. The molecule has 0 bridgehead atoms. The standard InChI is InChI=1S/C5H9NO2.C4H8O2/c7-5(8)4-2-1-3-6-4;1-4(5)3-6-2/h4,6H,1-3H2,(H,7,8);3H2,1-2H3/t4-;/m0./s1. The van der Waals surface area contributed by atoms with Gasteiger partial charge in [0.2, 0.25) is 0 Å². The molecule has 0 radical (unpaired) electrons. The highest BCUT2D eigenvalue weighted by Gasteiger charge is 2.20. The van der Waals surface area contributed by atoms with E-state index in [1.807, 2.05) is 0 Å². The van der Waals surface area contributed by atoms with E-state index in [-0.39, 0.29) is 18.4 Å². The smallest absolute Gasteiger partial charge is 0.320 e. The Bertz CT molecular complexity index is 187. The summed E-state index contributed by atoms with van der Waals surface area (Å²) in [7, 11) is 1.50. The van der Waals surface area contributed by atoms with Crippen LogP contribution in [0.4, 0.5) is 0 Å². The molecule has 1 aliphatic heterocycles. The number of nitrogens with one attached hydrogen (secondary N) is 1. The number of ketones is 1. The SMILES string of the molecule is COCC(C)=O.O=C(O)[C@@H]1CCCN1. The van der Waals surface area contributed by atoms with Gasteiger partial charge in [-0.3, -0.25) is 9.59 Å². The number of rotatable bonds is 3. The quantitative estimate of drug-likeness (QED) is 0.677. The molecule has 82 valence electrons. The molecular formula is C9H17NO4. The molecule has 0 aromatic heterocycles. The summed E-state index contributed by atoms with van der Waals surface area (Å²) in [6, 6.07) is -0.269. The fraction of sp³-hybridized carbons (Fsp3) is 0.778. The summed E-state index contributed by atoms with van der Waals surface area (Å²) >= 11 is 0. The molecular weight excluding hydrogens is 186 g/mol. The summed E-state index contributed by atoms with van der Waals surface area (Å²) in [5.74, 6) is -0.653. The Hall–Kier alpha value is -0.940. The molecule has 0 spiro atoms. The van der Waals surface area contributed by atoms with Crippen molar-refractivity contribution < 1.29 is 19.4 Å². The molecule has 5 heteroatoms. The Morgan fingerprint density at radius 3 is 2.36 bits per heavy atom. The molecule has 0 aromatic rings. The summed E-state index contributed by atoms with van der Waals surface area (Å²) in [5.41, 5.74) is 0. The van der Waals surface area contributed by atoms with Crippen molar-refractivity contribution in [3.8, 4) is 0 Å². The maximum absolute atomic E-state index is 10.1. The first kappa shape index (κ1) is 13.1. The van der Waals surface area contributed by atoms with E-state index in [0.717, 1.165) is 19.4 Å². The molecule has 5 nitrogen and oxygen atoms in total. The monoisotopic (exact) mass is 203 g/mol. The van der Waals surface area contributed by atoms with Gasteiger partial charge in [-0.1, -0.05) is 0 Å². The maximum Gasteiger partial charge on any atom is 0.320 e. The molecule has 14 heavy (non-hydrogen) atoms.